The average molecular weight is 414 g/mol. The zero-order valence-electron chi connectivity index (χ0n) is 14.6. The van der Waals surface area contributed by atoms with E-state index in [1.165, 1.54) is 6.92 Å². The Kier molecular flexibility index (Phi) is 5.57. The lowest BCUT2D eigenvalue weighted by molar-refractivity contribution is -0.328. The predicted molar refractivity (Wildman–Crippen MR) is 81.6 cm³/mol. The van der Waals surface area contributed by atoms with Gasteiger partial charge in [-0.3, -0.25) is 9.69 Å². The van der Waals surface area contributed by atoms with E-state index in [2.05, 4.69) is 4.74 Å². The first-order valence-electron chi connectivity index (χ1n) is 7.93. The number of alkyl halides is 6. The summed E-state index contributed by atoms with van der Waals surface area (Å²) in [7, 11) is 0.570. The Morgan fingerprint density at radius 2 is 1.82 bits per heavy atom. The highest BCUT2D eigenvalue weighted by molar-refractivity contribution is 5.83. The standard InChI is InChI=1S/C16H16F6N2O4/c1-3-28-12(25)10-11(8-6-4-5-7-9(8)15(17,18)19)23-13(26)24(2)14(10,27)16(20,21)22/h4-7,10-11,27H,3H2,1-2H3,(H,23,26)/t10-,11+,14-/m1/s1. The fourth-order valence-corrected chi connectivity index (χ4v) is 3.09. The summed E-state index contributed by atoms with van der Waals surface area (Å²) in [5.74, 6) is -4.23. The van der Waals surface area contributed by atoms with Crippen LogP contribution in [0, 0.1) is 5.92 Å². The summed E-state index contributed by atoms with van der Waals surface area (Å²) in [4.78, 5) is 24.2. The fourth-order valence-electron chi connectivity index (χ4n) is 3.09. The molecule has 1 aliphatic heterocycles. The maximum Gasteiger partial charge on any atom is 0.437 e. The number of esters is 1. The van der Waals surface area contributed by atoms with E-state index in [1.807, 2.05) is 5.32 Å². The van der Waals surface area contributed by atoms with Gasteiger partial charge in [0.15, 0.2) is 0 Å². The second-order valence-electron chi connectivity index (χ2n) is 6.02. The van der Waals surface area contributed by atoms with E-state index in [4.69, 9.17) is 0 Å². The topological polar surface area (TPSA) is 78.9 Å². The van der Waals surface area contributed by atoms with Gasteiger partial charge in [0.25, 0.3) is 5.72 Å². The molecule has 1 aromatic rings. The number of nitrogens with one attached hydrogen (secondary N) is 1. The molecule has 28 heavy (non-hydrogen) atoms. The van der Waals surface area contributed by atoms with Crippen LogP contribution in [-0.4, -0.2) is 47.6 Å². The van der Waals surface area contributed by atoms with Crippen molar-refractivity contribution in [3.63, 3.8) is 0 Å². The van der Waals surface area contributed by atoms with Gasteiger partial charge in [-0.15, -0.1) is 0 Å². The molecular weight excluding hydrogens is 398 g/mol. The molecule has 1 aliphatic rings. The van der Waals surface area contributed by atoms with Crippen molar-refractivity contribution >= 4 is 12.0 Å². The molecule has 156 valence electrons. The summed E-state index contributed by atoms with van der Waals surface area (Å²) >= 11 is 0. The van der Waals surface area contributed by atoms with E-state index < -0.39 is 59.8 Å². The number of nitrogens with zero attached hydrogens (tertiary/aromatic N) is 1. The molecule has 0 saturated carbocycles. The molecule has 2 N–H and O–H groups in total. The smallest absolute Gasteiger partial charge is 0.437 e. The lowest BCUT2D eigenvalue weighted by Crippen LogP contribution is -2.73. The number of carbonyl (C=O) groups excluding carboxylic acids is 2. The highest BCUT2D eigenvalue weighted by atomic mass is 19.4. The molecule has 0 aromatic heterocycles. The first-order chi connectivity index (χ1) is 12.8. The predicted octanol–water partition coefficient (Wildman–Crippen LogP) is 2.83. The Morgan fingerprint density at radius 3 is 2.32 bits per heavy atom. The first kappa shape index (κ1) is 21.8. The summed E-state index contributed by atoms with van der Waals surface area (Å²) < 4.78 is 85.8. The monoisotopic (exact) mass is 414 g/mol. The highest BCUT2D eigenvalue weighted by Crippen LogP contribution is 2.48. The van der Waals surface area contributed by atoms with Gasteiger partial charge in [-0.05, 0) is 18.6 Å². The van der Waals surface area contributed by atoms with Crippen molar-refractivity contribution in [3.05, 3.63) is 35.4 Å². The number of ether oxygens (including phenoxy) is 1. The Morgan fingerprint density at radius 1 is 1.25 bits per heavy atom. The molecule has 3 atom stereocenters. The zero-order chi connectivity index (χ0) is 21.5. The molecule has 0 aliphatic carbocycles. The van der Waals surface area contributed by atoms with Gasteiger partial charge in [-0.2, -0.15) is 26.3 Å². The number of urea groups is 1. The Bertz CT molecular complexity index is 766. The summed E-state index contributed by atoms with van der Waals surface area (Å²) in [5.41, 5.74) is -6.26. The number of halogens is 6. The Balaban J connectivity index is 2.75. The van der Waals surface area contributed by atoms with Gasteiger partial charge in [-0.25, -0.2) is 4.79 Å². The van der Waals surface area contributed by atoms with Gasteiger partial charge >= 0.3 is 24.4 Å². The quantitative estimate of drug-likeness (QED) is 0.589. The number of amides is 2. The van der Waals surface area contributed by atoms with Crippen LogP contribution in [0.4, 0.5) is 31.1 Å². The maximum absolute atomic E-state index is 13.7. The second-order valence-corrected chi connectivity index (χ2v) is 6.02. The first-order valence-corrected chi connectivity index (χ1v) is 7.93. The molecule has 1 heterocycles. The molecule has 6 nitrogen and oxygen atoms in total. The molecule has 0 bridgehead atoms. The van der Waals surface area contributed by atoms with E-state index in [0.717, 1.165) is 18.2 Å². The third-order valence-electron chi connectivity index (χ3n) is 4.42. The fraction of sp³-hybridized carbons (Fsp3) is 0.500. The van der Waals surface area contributed by atoms with E-state index in [-0.39, 0.29) is 4.90 Å². The van der Waals surface area contributed by atoms with Crippen LogP contribution in [0.5, 0.6) is 0 Å². The molecule has 2 rings (SSSR count). The van der Waals surface area contributed by atoms with Gasteiger partial charge in [0.2, 0.25) is 0 Å². The van der Waals surface area contributed by atoms with Crippen LogP contribution in [0.25, 0.3) is 0 Å². The van der Waals surface area contributed by atoms with E-state index >= 15 is 0 Å². The van der Waals surface area contributed by atoms with Crippen molar-refractivity contribution < 1.29 is 45.8 Å². The third-order valence-corrected chi connectivity index (χ3v) is 4.42. The van der Waals surface area contributed by atoms with Gasteiger partial charge < -0.3 is 15.2 Å². The van der Waals surface area contributed by atoms with Gasteiger partial charge in [0.05, 0.1) is 18.2 Å². The van der Waals surface area contributed by atoms with Crippen molar-refractivity contribution in [2.45, 2.75) is 31.0 Å². The van der Waals surface area contributed by atoms with Crippen LogP contribution in [0.3, 0.4) is 0 Å². The van der Waals surface area contributed by atoms with Crippen molar-refractivity contribution in [2.75, 3.05) is 13.7 Å². The normalized spacial score (nSPS) is 26.0. The van der Waals surface area contributed by atoms with Crippen LogP contribution >= 0.6 is 0 Å². The molecular formula is C16H16F6N2O4. The largest absolute Gasteiger partial charge is 0.466 e. The van der Waals surface area contributed by atoms with Crippen molar-refractivity contribution in [3.8, 4) is 0 Å². The van der Waals surface area contributed by atoms with Gasteiger partial charge in [-0.1, -0.05) is 18.2 Å². The maximum atomic E-state index is 13.7. The third kappa shape index (κ3) is 3.48. The molecule has 0 spiro atoms. The summed E-state index contributed by atoms with van der Waals surface area (Å²) in [6.07, 6.45) is -10.6. The lowest BCUT2D eigenvalue weighted by Gasteiger charge is -2.49. The van der Waals surface area contributed by atoms with Gasteiger partial charge in [0, 0.05) is 7.05 Å². The van der Waals surface area contributed by atoms with E-state index in [0.29, 0.717) is 13.1 Å². The van der Waals surface area contributed by atoms with Gasteiger partial charge in [0.1, 0.15) is 5.92 Å². The van der Waals surface area contributed by atoms with Crippen LogP contribution in [0.2, 0.25) is 0 Å². The highest BCUT2D eigenvalue weighted by Gasteiger charge is 2.70. The second kappa shape index (κ2) is 7.15. The molecule has 0 unspecified atom stereocenters. The SMILES string of the molecule is CCOC(=O)[C@H]1[C@H](c2ccccc2C(F)(F)F)NC(=O)N(C)[C@]1(O)C(F)(F)F. The molecule has 2 amide bonds. The van der Waals surface area contributed by atoms with Crippen molar-refractivity contribution in [1.29, 1.82) is 0 Å². The van der Waals surface area contributed by atoms with E-state index in [1.54, 1.807) is 0 Å². The number of carbonyl (C=O) groups is 2. The Labute approximate surface area is 155 Å². The number of hydrogen-bond donors (Lipinski definition) is 2. The molecule has 12 heteroatoms. The zero-order valence-corrected chi connectivity index (χ0v) is 14.6. The molecule has 1 saturated heterocycles. The minimum Gasteiger partial charge on any atom is -0.466 e. The van der Waals surface area contributed by atoms with Crippen LogP contribution in [0.15, 0.2) is 24.3 Å². The molecule has 1 fully saturated rings. The minimum absolute atomic E-state index is 0.179. The summed E-state index contributed by atoms with van der Waals surface area (Å²) in [6.45, 7) is 0.878. The van der Waals surface area contributed by atoms with Crippen LogP contribution in [-0.2, 0) is 15.7 Å². The molecule has 0 radical (unpaired) electrons. The summed E-state index contributed by atoms with van der Waals surface area (Å²) in [5, 5.41) is 12.3. The summed E-state index contributed by atoms with van der Waals surface area (Å²) in [6, 6.07) is -0.145. The number of benzene rings is 1. The number of rotatable bonds is 3. The number of aliphatic hydroxyl groups is 1. The Hall–Kier alpha value is -2.50. The number of hydrogen-bond acceptors (Lipinski definition) is 4. The van der Waals surface area contributed by atoms with E-state index in [9.17, 15) is 41.0 Å². The average Bonchev–Trinajstić information content (AvgIpc) is 2.57. The van der Waals surface area contributed by atoms with Crippen LogP contribution in [0.1, 0.15) is 24.1 Å². The lowest BCUT2D eigenvalue weighted by atomic mass is 9.79. The minimum atomic E-state index is -5.57. The van der Waals surface area contributed by atoms with Crippen LogP contribution < -0.4 is 5.32 Å². The molecule has 1 aromatic carbocycles. The van der Waals surface area contributed by atoms with Crippen molar-refractivity contribution in [1.82, 2.24) is 10.2 Å². The van der Waals surface area contributed by atoms with Crippen molar-refractivity contribution in [2.24, 2.45) is 5.92 Å².